The van der Waals surface area contributed by atoms with Crippen LogP contribution in [0.1, 0.15) is 30.5 Å². The summed E-state index contributed by atoms with van der Waals surface area (Å²) in [5.74, 6) is 0. The van der Waals surface area contributed by atoms with Crippen LogP contribution < -0.4 is 5.32 Å². The molecule has 1 N–H and O–H groups in total. The molecule has 0 bridgehead atoms. The number of nitrogens with one attached hydrogen (secondary N) is 1. The lowest BCUT2D eigenvalue weighted by Crippen LogP contribution is -2.14. The largest absolute Gasteiger partial charge is 0.455 e. The summed E-state index contributed by atoms with van der Waals surface area (Å²) in [6, 6.07) is 13.1. The number of benzene rings is 2. The SMILES string of the molecule is CCCc1cccc2c1oc1c(C3C=CC=CN3)cccc12. The molecule has 1 atom stereocenters. The summed E-state index contributed by atoms with van der Waals surface area (Å²) in [5, 5.41) is 5.81. The number of fused-ring (bicyclic) bond motifs is 3. The molecule has 1 aromatic heterocycles. The number of hydrogen-bond acceptors (Lipinski definition) is 2. The lowest BCUT2D eigenvalue weighted by atomic mass is 10.0. The van der Waals surface area contributed by atoms with E-state index in [0.29, 0.717) is 0 Å². The Morgan fingerprint density at radius 3 is 2.59 bits per heavy atom. The van der Waals surface area contributed by atoms with Gasteiger partial charge >= 0.3 is 0 Å². The molecule has 2 heteroatoms. The predicted octanol–water partition coefficient (Wildman–Crippen LogP) is 5.25. The number of furan rings is 1. The smallest absolute Gasteiger partial charge is 0.141 e. The molecule has 2 heterocycles. The standard InChI is InChI=1S/C20H19NO/c1-2-7-14-8-5-9-15-16-10-6-11-17(20(16)22-19(14)15)18-12-3-4-13-21-18/h3-6,8-13,18,21H,2,7H2,1H3. The molecule has 3 aromatic rings. The van der Waals surface area contributed by atoms with E-state index in [4.69, 9.17) is 4.42 Å². The van der Waals surface area contributed by atoms with Crippen molar-refractivity contribution in [3.8, 4) is 0 Å². The third-order valence-electron chi connectivity index (χ3n) is 4.28. The lowest BCUT2D eigenvalue weighted by molar-refractivity contribution is 0.643. The molecule has 2 aromatic carbocycles. The van der Waals surface area contributed by atoms with E-state index in [-0.39, 0.29) is 6.04 Å². The Kier molecular flexibility index (Phi) is 3.23. The van der Waals surface area contributed by atoms with Gasteiger partial charge in [-0.05, 0) is 24.3 Å². The van der Waals surface area contributed by atoms with Gasteiger partial charge in [0.25, 0.3) is 0 Å². The Morgan fingerprint density at radius 2 is 1.82 bits per heavy atom. The Morgan fingerprint density at radius 1 is 1.00 bits per heavy atom. The van der Waals surface area contributed by atoms with Crippen LogP contribution >= 0.6 is 0 Å². The van der Waals surface area contributed by atoms with E-state index < -0.39 is 0 Å². The summed E-state index contributed by atoms with van der Waals surface area (Å²) in [5.41, 5.74) is 4.53. The van der Waals surface area contributed by atoms with Crippen molar-refractivity contribution < 1.29 is 4.42 Å². The molecule has 0 aliphatic carbocycles. The normalized spacial score (nSPS) is 17.2. The van der Waals surface area contributed by atoms with Crippen molar-refractivity contribution in [1.82, 2.24) is 5.32 Å². The van der Waals surface area contributed by atoms with Crippen LogP contribution in [0.5, 0.6) is 0 Å². The minimum Gasteiger partial charge on any atom is -0.455 e. The van der Waals surface area contributed by atoms with E-state index in [1.165, 1.54) is 21.9 Å². The van der Waals surface area contributed by atoms with Gasteiger partial charge in [0.05, 0.1) is 6.04 Å². The fourth-order valence-corrected chi connectivity index (χ4v) is 3.25. The van der Waals surface area contributed by atoms with Crippen molar-refractivity contribution >= 4 is 21.9 Å². The number of allylic oxidation sites excluding steroid dienone is 2. The average Bonchev–Trinajstić information content (AvgIpc) is 2.96. The molecular formula is C20H19NO. The number of hydrogen-bond donors (Lipinski definition) is 1. The van der Waals surface area contributed by atoms with E-state index in [1.807, 2.05) is 12.3 Å². The molecule has 1 unspecified atom stereocenters. The van der Waals surface area contributed by atoms with E-state index in [1.54, 1.807) is 0 Å². The highest BCUT2D eigenvalue weighted by Gasteiger charge is 2.17. The van der Waals surface area contributed by atoms with Gasteiger partial charge in [-0.3, -0.25) is 0 Å². The van der Waals surface area contributed by atoms with Gasteiger partial charge in [-0.15, -0.1) is 0 Å². The highest BCUT2D eigenvalue weighted by atomic mass is 16.3. The second kappa shape index (κ2) is 5.38. The van der Waals surface area contributed by atoms with E-state index >= 15 is 0 Å². The first-order valence-electron chi connectivity index (χ1n) is 7.91. The summed E-state index contributed by atoms with van der Waals surface area (Å²) in [4.78, 5) is 0. The van der Waals surface area contributed by atoms with Crippen molar-refractivity contribution in [1.29, 1.82) is 0 Å². The molecular weight excluding hydrogens is 270 g/mol. The van der Waals surface area contributed by atoms with Crippen LogP contribution in [-0.4, -0.2) is 0 Å². The molecule has 2 nitrogen and oxygen atoms in total. The summed E-state index contributed by atoms with van der Waals surface area (Å²) in [6.07, 6.45) is 10.4. The van der Waals surface area contributed by atoms with Gasteiger partial charge in [0.2, 0.25) is 0 Å². The van der Waals surface area contributed by atoms with Crippen LogP contribution in [0, 0.1) is 0 Å². The number of para-hydroxylation sites is 2. The summed E-state index contributed by atoms with van der Waals surface area (Å²) >= 11 is 0. The zero-order valence-electron chi connectivity index (χ0n) is 12.7. The van der Waals surface area contributed by atoms with Crippen LogP contribution in [0.4, 0.5) is 0 Å². The second-order valence-electron chi connectivity index (χ2n) is 5.76. The van der Waals surface area contributed by atoms with Gasteiger partial charge in [0.15, 0.2) is 0 Å². The highest BCUT2D eigenvalue weighted by molar-refractivity contribution is 6.07. The fourth-order valence-electron chi connectivity index (χ4n) is 3.25. The summed E-state index contributed by atoms with van der Waals surface area (Å²) < 4.78 is 6.32. The quantitative estimate of drug-likeness (QED) is 0.712. The molecule has 22 heavy (non-hydrogen) atoms. The first-order chi connectivity index (χ1) is 10.9. The molecule has 0 amide bonds. The monoisotopic (exact) mass is 289 g/mol. The molecule has 1 aliphatic rings. The molecule has 0 saturated carbocycles. The minimum absolute atomic E-state index is 0.170. The Labute approximate surface area is 130 Å². The molecule has 0 radical (unpaired) electrons. The average molecular weight is 289 g/mol. The highest BCUT2D eigenvalue weighted by Crippen LogP contribution is 2.35. The Bertz CT molecular complexity index is 885. The van der Waals surface area contributed by atoms with Crippen molar-refractivity contribution in [2.75, 3.05) is 0 Å². The van der Waals surface area contributed by atoms with Gasteiger partial charge in [-0.25, -0.2) is 0 Å². The van der Waals surface area contributed by atoms with E-state index in [2.05, 4.69) is 60.8 Å². The van der Waals surface area contributed by atoms with Crippen molar-refractivity contribution in [3.05, 3.63) is 72.0 Å². The van der Waals surface area contributed by atoms with Crippen LogP contribution in [-0.2, 0) is 6.42 Å². The molecule has 110 valence electrons. The first-order valence-corrected chi connectivity index (χ1v) is 7.91. The Hall–Kier alpha value is -2.48. The maximum absolute atomic E-state index is 6.32. The molecule has 0 spiro atoms. The maximum Gasteiger partial charge on any atom is 0.141 e. The predicted molar refractivity (Wildman–Crippen MR) is 91.9 cm³/mol. The zero-order valence-corrected chi connectivity index (χ0v) is 12.7. The van der Waals surface area contributed by atoms with Crippen LogP contribution in [0.25, 0.3) is 21.9 Å². The fraction of sp³-hybridized carbons (Fsp3) is 0.200. The van der Waals surface area contributed by atoms with Crippen molar-refractivity contribution in [2.45, 2.75) is 25.8 Å². The van der Waals surface area contributed by atoms with Gasteiger partial charge in [-0.1, -0.05) is 61.9 Å². The Balaban J connectivity index is 1.96. The lowest BCUT2D eigenvalue weighted by Gasteiger charge is -2.16. The minimum atomic E-state index is 0.170. The topological polar surface area (TPSA) is 25.2 Å². The van der Waals surface area contributed by atoms with Gasteiger partial charge in [-0.2, -0.15) is 0 Å². The summed E-state index contributed by atoms with van der Waals surface area (Å²) in [6.45, 7) is 2.20. The number of aryl methyl sites for hydroxylation is 1. The second-order valence-corrected chi connectivity index (χ2v) is 5.76. The molecule has 4 rings (SSSR count). The van der Waals surface area contributed by atoms with Crippen LogP contribution in [0.2, 0.25) is 0 Å². The van der Waals surface area contributed by atoms with E-state index in [0.717, 1.165) is 24.0 Å². The molecule has 1 aliphatic heterocycles. The molecule has 0 fully saturated rings. The van der Waals surface area contributed by atoms with Crippen LogP contribution in [0.15, 0.2) is 65.2 Å². The third-order valence-corrected chi connectivity index (χ3v) is 4.28. The summed E-state index contributed by atoms with van der Waals surface area (Å²) in [7, 11) is 0. The van der Waals surface area contributed by atoms with E-state index in [9.17, 15) is 0 Å². The number of dihydropyridines is 1. The first kappa shape index (κ1) is 13.2. The van der Waals surface area contributed by atoms with Crippen molar-refractivity contribution in [2.24, 2.45) is 0 Å². The van der Waals surface area contributed by atoms with Crippen LogP contribution in [0.3, 0.4) is 0 Å². The van der Waals surface area contributed by atoms with Gasteiger partial charge < -0.3 is 9.73 Å². The van der Waals surface area contributed by atoms with Gasteiger partial charge in [0.1, 0.15) is 11.2 Å². The molecule has 0 saturated heterocycles. The zero-order chi connectivity index (χ0) is 14.9. The van der Waals surface area contributed by atoms with Gasteiger partial charge in [0, 0.05) is 16.3 Å². The third kappa shape index (κ3) is 2.03. The maximum atomic E-state index is 6.32. The van der Waals surface area contributed by atoms with Crippen molar-refractivity contribution in [3.63, 3.8) is 0 Å². The number of rotatable bonds is 3.